The Morgan fingerprint density at radius 1 is 1.21 bits per heavy atom. The molecule has 1 saturated heterocycles. The lowest BCUT2D eigenvalue weighted by Gasteiger charge is -1.85. The van der Waals surface area contributed by atoms with Crippen molar-refractivity contribution in [2.75, 3.05) is 0 Å². The number of para-hydroxylation sites is 1. The third-order valence-electron chi connectivity index (χ3n) is 2.63. The van der Waals surface area contributed by atoms with Gasteiger partial charge in [-0.05, 0) is 31.9 Å². The van der Waals surface area contributed by atoms with Crippen LogP contribution >= 0.6 is 0 Å². The molecule has 2 aliphatic rings. The van der Waals surface area contributed by atoms with Gasteiger partial charge in [-0.1, -0.05) is 19.1 Å². The summed E-state index contributed by atoms with van der Waals surface area (Å²) in [4.78, 5) is 0. The number of rotatable bonds is 1. The Labute approximate surface area is 84.8 Å². The first-order valence-corrected chi connectivity index (χ1v) is 5.17. The third-order valence-corrected chi connectivity index (χ3v) is 2.63. The van der Waals surface area contributed by atoms with E-state index in [0.29, 0.717) is 12.2 Å². The van der Waals surface area contributed by atoms with E-state index in [4.69, 9.17) is 9.47 Å². The van der Waals surface area contributed by atoms with Crippen LogP contribution in [0.1, 0.15) is 26.3 Å². The Bertz CT molecular complexity index is 327. The maximum Gasteiger partial charge on any atom is 0.173 e. The second kappa shape index (κ2) is 3.62. The van der Waals surface area contributed by atoms with Crippen molar-refractivity contribution >= 4 is 0 Å². The van der Waals surface area contributed by atoms with Gasteiger partial charge in [0, 0.05) is 0 Å². The predicted octanol–water partition coefficient (Wildman–Crippen LogP) is 3.15. The van der Waals surface area contributed by atoms with Crippen molar-refractivity contribution in [2.24, 2.45) is 0 Å². The zero-order chi connectivity index (χ0) is 10.1. The largest absolute Gasteiger partial charge is 0.449 e. The summed E-state index contributed by atoms with van der Waals surface area (Å²) in [7, 11) is 0. The molecule has 2 nitrogen and oxygen atoms in total. The quantitative estimate of drug-likeness (QED) is 0.648. The van der Waals surface area contributed by atoms with Crippen molar-refractivity contribution in [2.45, 2.75) is 39.4 Å². The highest BCUT2D eigenvalue weighted by Gasteiger charge is 2.27. The van der Waals surface area contributed by atoms with Crippen LogP contribution < -0.4 is 4.74 Å². The Balaban J connectivity index is 0.000000128. The number of benzene rings is 1. The second-order valence-corrected chi connectivity index (χ2v) is 3.75. The molecule has 3 rings (SSSR count). The molecule has 2 unspecified atom stereocenters. The van der Waals surface area contributed by atoms with E-state index in [9.17, 15) is 0 Å². The number of hydrogen-bond acceptors (Lipinski definition) is 2. The van der Waals surface area contributed by atoms with E-state index in [2.05, 4.69) is 26.8 Å². The van der Waals surface area contributed by atoms with E-state index in [-0.39, 0.29) is 0 Å². The summed E-state index contributed by atoms with van der Waals surface area (Å²) >= 11 is 0. The number of aryl methyl sites for hydroxylation is 1. The average molecular weight is 192 g/mol. The molecule has 0 radical (unpaired) electrons. The predicted molar refractivity (Wildman–Crippen MR) is 55.9 cm³/mol. The first-order valence-electron chi connectivity index (χ1n) is 5.17. The van der Waals surface area contributed by atoms with Crippen LogP contribution in [0.2, 0.25) is 0 Å². The molecule has 76 valence electrons. The summed E-state index contributed by atoms with van der Waals surface area (Å²) < 4.78 is 10.1. The van der Waals surface area contributed by atoms with E-state index < -0.39 is 0 Å². The highest BCUT2D eigenvalue weighted by Crippen LogP contribution is 2.47. The van der Waals surface area contributed by atoms with Crippen molar-refractivity contribution in [3.8, 4) is 11.5 Å². The molecule has 0 amide bonds. The third kappa shape index (κ3) is 2.07. The zero-order valence-corrected chi connectivity index (χ0v) is 8.91. The second-order valence-electron chi connectivity index (χ2n) is 3.75. The molecule has 0 N–H and O–H groups in total. The zero-order valence-electron chi connectivity index (χ0n) is 8.91. The van der Waals surface area contributed by atoms with E-state index >= 15 is 0 Å². The molecule has 1 fully saturated rings. The van der Waals surface area contributed by atoms with Gasteiger partial charge in [-0.3, -0.25) is 0 Å². The van der Waals surface area contributed by atoms with Crippen LogP contribution in [0.25, 0.3) is 0 Å². The van der Waals surface area contributed by atoms with Crippen LogP contribution in [0, 0.1) is 0 Å². The number of epoxide rings is 1. The van der Waals surface area contributed by atoms with Crippen LogP contribution in [0.4, 0.5) is 0 Å². The molecule has 2 aliphatic heterocycles. The summed E-state index contributed by atoms with van der Waals surface area (Å²) in [5.41, 5.74) is 1.33. The van der Waals surface area contributed by atoms with E-state index in [0.717, 1.165) is 17.9 Å². The summed E-state index contributed by atoms with van der Waals surface area (Å²) in [5, 5.41) is 0. The van der Waals surface area contributed by atoms with Crippen molar-refractivity contribution in [3.63, 3.8) is 0 Å². The monoisotopic (exact) mass is 192 g/mol. The Morgan fingerprint density at radius 2 is 1.86 bits per heavy atom. The standard InChI is InChI=1S/C8H8O.C4H8O/c1-2-6-4-3-5-7-8(6)9-7;1-3-4(2)5-3/h3-5H,2H2,1H3;3-4H,1-2H3. The van der Waals surface area contributed by atoms with E-state index in [1.807, 2.05) is 12.1 Å². The topological polar surface area (TPSA) is 25.1 Å². The van der Waals surface area contributed by atoms with Crippen molar-refractivity contribution < 1.29 is 9.47 Å². The van der Waals surface area contributed by atoms with Crippen molar-refractivity contribution in [3.05, 3.63) is 23.8 Å². The molecule has 14 heavy (non-hydrogen) atoms. The Morgan fingerprint density at radius 3 is 2.29 bits per heavy atom. The van der Waals surface area contributed by atoms with E-state index in [1.54, 1.807) is 0 Å². The van der Waals surface area contributed by atoms with Crippen LogP contribution in [-0.4, -0.2) is 12.2 Å². The van der Waals surface area contributed by atoms with Gasteiger partial charge in [-0.2, -0.15) is 0 Å². The van der Waals surface area contributed by atoms with Gasteiger partial charge in [-0.25, -0.2) is 0 Å². The fourth-order valence-corrected chi connectivity index (χ4v) is 1.32. The van der Waals surface area contributed by atoms with Gasteiger partial charge in [0.25, 0.3) is 0 Å². The molecule has 2 heterocycles. The van der Waals surface area contributed by atoms with Crippen LogP contribution in [0.15, 0.2) is 18.2 Å². The van der Waals surface area contributed by atoms with Crippen molar-refractivity contribution in [1.82, 2.24) is 0 Å². The normalized spacial score (nSPS) is 25.4. The first-order chi connectivity index (χ1) is 6.72. The van der Waals surface area contributed by atoms with Crippen LogP contribution in [0.5, 0.6) is 11.5 Å². The van der Waals surface area contributed by atoms with Crippen LogP contribution in [0.3, 0.4) is 0 Å². The summed E-state index contributed by atoms with van der Waals surface area (Å²) in [6.45, 7) is 6.28. The SMILES string of the molecule is CC1OC1C.CCc1cccc2c1O2. The molecule has 1 aromatic carbocycles. The molecule has 2 heteroatoms. The molecule has 0 saturated carbocycles. The molecule has 1 aromatic rings. The average Bonchev–Trinajstić information content (AvgIpc) is 3.06. The van der Waals surface area contributed by atoms with Gasteiger partial charge in [0.15, 0.2) is 11.5 Å². The highest BCUT2D eigenvalue weighted by atomic mass is 16.6. The highest BCUT2D eigenvalue weighted by molar-refractivity contribution is 5.59. The maximum absolute atomic E-state index is 5.16. The molecule has 0 aliphatic carbocycles. The van der Waals surface area contributed by atoms with Gasteiger partial charge in [-0.15, -0.1) is 0 Å². The lowest BCUT2D eigenvalue weighted by molar-refractivity contribution is 0.389. The minimum Gasteiger partial charge on any atom is -0.449 e. The lowest BCUT2D eigenvalue weighted by Crippen LogP contribution is -1.74. The number of fused-ring (bicyclic) bond motifs is 1. The summed E-state index contributed by atoms with van der Waals surface area (Å²) in [5.74, 6) is 2.18. The Kier molecular flexibility index (Phi) is 2.46. The van der Waals surface area contributed by atoms with Crippen LogP contribution in [-0.2, 0) is 11.2 Å². The van der Waals surface area contributed by atoms with E-state index in [1.165, 1.54) is 5.56 Å². The number of hydrogen-bond donors (Lipinski definition) is 0. The fraction of sp³-hybridized carbons (Fsp3) is 0.500. The summed E-state index contributed by atoms with van der Waals surface area (Å²) in [6.07, 6.45) is 2.17. The molecule has 2 atom stereocenters. The Hall–Kier alpha value is -1.02. The van der Waals surface area contributed by atoms with Gasteiger partial charge in [0.1, 0.15) is 0 Å². The first kappa shape index (κ1) is 9.53. The molecular formula is C12H16O2. The fourth-order valence-electron chi connectivity index (χ4n) is 1.32. The van der Waals surface area contributed by atoms with Gasteiger partial charge in [0.05, 0.1) is 12.2 Å². The molecule has 0 aromatic heterocycles. The molecular weight excluding hydrogens is 176 g/mol. The maximum atomic E-state index is 5.16. The minimum atomic E-state index is 0.551. The van der Waals surface area contributed by atoms with Gasteiger partial charge in [0.2, 0.25) is 0 Å². The molecule has 0 bridgehead atoms. The smallest absolute Gasteiger partial charge is 0.173 e. The summed E-state index contributed by atoms with van der Waals surface area (Å²) in [6, 6.07) is 6.13. The minimum absolute atomic E-state index is 0.551. The van der Waals surface area contributed by atoms with Crippen molar-refractivity contribution in [1.29, 1.82) is 0 Å². The van der Waals surface area contributed by atoms with Gasteiger partial charge >= 0.3 is 0 Å². The number of ether oxygens (including phenoxy) is 2. The lowest BCUT2D eigenvalue weighted by atomic mass is 10.2. The van der Waals surface area contributed by atoms with Gasteiger partial charge < -0.3 is 9.47 Å². The molecule has 0 spiro atoms.